The van der Waals surface area contributed by atoms with E-state index in [1.54, 1.807) is 0 Å². The molecule has 0 fully saturated rings. The highest BCUT2D eigenvalue weighted by Crippen LogP contribution is 2.26. The number of anilines is 1. The van der Waals surface area contributed by atoms with Crippen LogP contribution >= 0.6 is 0 Å². The number of hydrogen-bond donors (Lipinski definition) is 0. The van der Waals surface area contributed by atoms with Gasteiger partial charge in [-0.25, -0.2) is 21.6 Å². The van der Waals surface area contributed by atoms with Crippen LogP contribution in [0.15, 0.2) is 41.3 Å². The SMILES string of the molecule is COc1ccc(S(=O)(=O)N(C)c2ccc(F)c(F)c2)cc1F. The number of sulfonamides is 1. The molecule has 118 valence electrons. The van der Waals surface area contributed by atoms with Crippen molar-refractivity contribution in [3.8, 4) is 5.75 Å². The summed E-state index contributed by atoms with van der Waals surface area (Å²) in [6.45, 7) is 0. The van der Waals surface area contributed by atoms with Crippen LogP contribution in [-0.4, -0.2) is 22.6 Å². The van der Waals surface area contributed by atoms with Crippen molar-refractivity contribution in [1.29, 1.82) is 0 Å². The van der Waals surface area contributed by atoms with Gasteiger partial charge in [0.25, 0.3) is 10.0 Å². The summed E-state index contributed by atoms with van der Waals surface area (Å²) < 4.78 is 70.0. The van der Waals surface area contributed by atoms with Gasteiger partial charge >= 0.3 is 0 Å². The molecule has 0 N–H and O–H groups in total. The Balaban J connectivity index is 2.44. The second-order valence-corrected chi connectivity index (χ2v) is 6.34. The molecular formula is C14H12F3NO3S. The second kappa shape index (κ2) is 5.88. The molecule has 8 heteroatoms. The van der Waals surface area contributed by atoms with E-state index in [0.29, 0.717) is 0 Å². The van der Waals surface area contributed by atoms with Crippen molar-refractivity contribution in [3.05, 3.63) is 53.8 Å². The van der Waals surface area contributed by atoms with Gasteiger partial charge in [-0.05, 0) is 30.3 Å². The third-order valence-electron chi connectivity index (χ3n) is 3.05. The summed E-state index contributed by atoms with van der Waals surface area (Å²) in [6.07, 6.45) is 0. The van der Waals surface area contributed by atoms with Crippen molar-refractivity contribution in [2.75, 3.05) is 18.5 Å². The van der Waals surface area contributed by atoms with Crippen LogP contribution in [0.25, 0.3) is 0 Å². The molecule has 0 spiro atoms. The fourth-order valence-corrected chi connectivity index (χ4v) is 2.99. The topological polar surface area (TPSA) is 46.6 Å². The van der Waals surface area contributed by atoms with Crippen molar-refractivity contribution in [2.45, 2.75) is 4.90 Å². The van der Waals surface area contributed by atoms with Gasteiger partial charge in [0.2, 0.25) is 0 Å². The van der Waals surface area contributed by atoms with Gasteiger partial charge < -0.3 is 4.74 Å². The molecule has 0 radical (unpaired) electrons. The van der Waals surface area contributed by atoms with E-state index in [1.807, 2.05) is 0 Å². The maximum Gasteiger partial charge on any atom is 0.264 e. The Kier molecular flexibility index (Phi) is 4.32. The molecule has 0 bridgehead atoms. The fraction of sp³-hybridized carbons (Fsp3) is 0.143. The molecule has 0 amide bonds. The van der Waals surface area contributed by atoms with E-state index >= 15 is 0 Å². The predicted octanol–water partition coefficient (Wildman–Crippen LogP) is 2.94. The standard InChI is InChI=1S/C14H12F3NO3S/c1-18(9-3-5-11(15)12(16)7-9)22(19,20)10-4-6-14(21-2)13(17)8-10/h3-8H,1-2H3. The molecule has 2 rings (SSSR count). The van der Waals surface area contributed by atoms with Gasteiger partial charge in [0.1, 0.15) is 0 Å². The second-order valence-electron chi connectivity index (χ2n) is 4.37. The number of ether oxygens (including phenoxy) is 1. The van der Waals surface area contributed by atoms with E-state index in [1.165, 1.54) is 13.2 Å². The summed E-state index contributed by atoms with van der Waals surface area (Å²) in [5.41, 5.74) is -0.0878. The van der Waals surface area contributed by atoms with Gasteiger partial charge in [0, 0.05) is 13.1 Å². The van der Waals surface area contributed by atoms with Gasteiger partial charge in [0.15, 0.2) is 23.2 Å². The normalized spacial score (nSPS) is 11.3. The van der Waals surface area contributed by atoms with Crippen LogP contribution in [0.5, 0.6) is 5.75 Å². The lowest BCUT2D eigenvalue weighted by molar-refractivity contribution is 0.385. The Morgan fingerprint density at radius 2 is 1.64 bits per heavy atom. The minimum absolute atomic E-state index is 0.0878. The largest absolute Gasteiger partial charge is 0.494 e. The molecule has 0 aliphatic carbocycles. The zero-order valence-corrected chi connectivity index (χ0v) is 12.5. The third kappa shape index (κ3) is 2.87. The molecule has 4 nitrogen and oxygen atoms in total. The van der Waals surface area contributed by atoms with Crippen LogP contribution in [-0.2, 0) is 10.0 Å². The minimum Gasteiger partial charge on any atom is -0.494 e. The van der Waals surface area contributed by atoms with Gasteiger partial charge in [-0.2, -0.15) is 0 Å². The van der Waals surface area contributed by atoms with E-state index in [4.69, 9.17) is 4.74 Å². The highest BCUT2D eigenvalue weighted by atomic mass is 32.2. The van der Waals surface area contributed by atoms with Crippen LogP contribution < -0.4 is 9.04 Å². The molecule has 0 saturated heterocycles. The lowest BCUT2D eigenvalue weighted by Crippen LogP contribution is -2.26. The molecule has 0 aliphatic rings. The quantitative estimate of drug-likeness (QED) is 0.865. The number of rotatable bonds is 4. The molecule has 0 aromatic heterocycles. The van der Waals surface area contributed by atoms with Gasteiger partial charge in [0.05, 0.1) is 17.7 Å². The van der Waals surface area contributed by atoms with Crippen LogP contribution in [0, 0.1) is 17.5 Å². The van der Waals surface area contributed by atoms with Crippen LogP contribution in [0.4, 0.5) is 18.9 Å². The number of nitrogens with zero attached hydrogens (tertiary/aromatic N) is 1. The number of halogens is 3. The van der Waals surface area contributed by atoms with Crippen molar-refractivity contribution >= 4 is 15.7 Å². The first-order valence-electron chi connectivity index (χ1n) is 6.05. The lowest BCUT2D eigenvalue weighted by Gasteiger charge is -2.20. The molecule has 0 heterocycles. The number of benzene rings is 2. The van der Waals surface area contributed by atoms with Gasteiger partial charge in [-0.3, -0.25) is 4.31 Å². The van der Waals surface area contributed by atoms with Gasteiger partial charge in [-0.15, -0.1) is 0 Å². The average Bonchev–Trinajstić information content (AvgIpc) is 2.49. The predicted molar refractivity (Wildman–Crippen MR) is 74.9 cm³/mol. The van der Waals surface area contributed by atoms with E-state index in [9.17, 15) is 21.6 Å². The van der Waals surface area contributed by atoms with E-state index in [-0.39, 0.29) is 16.3 Å². The Labute approximate surface area is 125 Å². The third-order valence-corrected chi connectivity index (χ3v) is 4.83. The van der Waals surface area contributed by atoms with Gasteiger partial charge in [-0.1, -0.05) is 0 Å². The van der Waals surface area contributed by atoms with Crippen molar-refractivity contribution < 1.29 is 26.3 Å². The molecule has 2 aromatic carbocycles. The van der Waals surface area contributed by atoms with Crippen molar-refractivity contribution in [1.82, 2.24) is 0 Å². The summed E-state index contributed by atoms with van der Waals surface area (Å²) >= 11 is 0. The number of hydrogen-bond acceptors (Lipinski definition) is 3. The molecule has 0 unspecified atom stereocenters. The average molecular weight is 331 g/mol. The van der Waals surface area contributed by atoms with Crippen molar-refractivity contribution in [2.24, 2.45) is 0 Å². The van der Waals surface area contributed by atoms with E-state index in [0.717, 1.165) is 41.7 Å². The van der Waals surface area contributed by atoms with Crippen LogP contribution in [0.3, 0.4) is 0 Å². The zero-order chi connectivity index (χ0) is 16.5. The first-order chi connectivity index (χ1) is 10.3. The number of methoxy groups -OCH3 is 1. The molecule has 0 aliphatic heterocycles. The summed E-state index contributed by atoms with van der Waals surface area (Å²) in [5, 5.41) is 0. The molecule has 0 saturated carbocycles. The van der Waals surface area contributed by atoms with E-state index in [2.05, 4.69) is 0 Å². The Bertz CT molecular complexity index is 809. The molecular weight excluding hydrogens is 319 g/mol. The Morgan fingerprint density at radius 1 is 0.955 bits per heavy atom. The summed E-state index contributed by atoms with van der Waals surface area (Å²) in [5.74, 6) is -3.22. The van der Waals surface area contributed by atoms with Crippen molar-refractivity contribution in [3.63, 3.8) is 0 Å². The smallest absolute Gasteiger partial charge is 0.264 e. The van der Waals surface area contributed by atoms with E-state index < -0.39 is 27.5 Å². The zero-order valence-electron chi connectivity index (χ0n) is 11.7. The lowest BCUT2D eigenvalue weighted by atomic mass is 10.3. The fourth-order valence-electron chi connectivity index (χ4n) is 1.79. The summed E-state index contributed by atoms with van der Waals surface area (Å²) in [7, 11) is -1.71. The highest BCUT2D eigenvalue weighted by Gasteiger charge is 2.23. The van der Waals surface area contributed by atoms with Crippen LogP contribution in [0.1, 0.15) is 0 Å². The molecule has 2 aromatic rings. The summed E-state index contributed by atoms with van der Waals surface area (Å²) in [6, 6.07) is 5.79. The minimum atomic E-state index is -4.12. The monoisotopic (exact) mass is 331 g/mol. The Hall–Kier alpha value is -2.22. The molecule has 22 heavy (non-hydrogen) atoms. The maximum atomic E-state index is 13.6. The maximum absolute atomic E-state index is 13.6. The first kappa shape index (κ1) is 16.2. The Morgan fingerprint density at radius 3 is 2.18 bits per heavy atom. The first-order valence-corrected chi connectivity index (χ1v) is 7.49. The molecule has 0 atom stereocenters. The van der Waals surface area contributed by atoms with Crippen LogP contribution in [0.2, 0.25) is 0 Å². The summed E-state index contributed by atoms with van der Waals surface area (Å²) in [4.78, 5) is -0.335. The highest BCUT2D eigenvalue weighted by molar-refractivity contribution is 7.92.